The Kier molecular flexibility index (Phi) is 4.58. The van der Waals surface area contributed by atoms with Crippen LogP contribution in [0.25, 0.3) is 0 Å². The van der Waals surface area contributed by atoms with Crippen molar-refractivity contribution in [2.45, 2.75) is 32.9 Å². The van der Waals surface area contributed by atoms with Crippen molar-refractivity contribution < 1.29 is 9.84 Å². The van der Waals surface area contributed by atoms with E-state index in [0.29, 0.717) is 19.1 Å². The maximum atomic E-state index is 9.02. The summed E-state index contributed by atoms with van der Waals surface area (Å²) in [5, 5.41) is 13.5. The van der Waals surface area contributed by atoms with Gasteiger partial charge in [-0.25, -0.2) is 0 Å². The predicted molar refractivity (Wildman–Crippen MR) is 74.2 cm³/mol. The molecule has 0 bridgehead atoms. The number of hydrogen-bond acceptors (Lipinski definition) is 3. The highest BCUT2D eigenvalue weighted by Crippen LogP contribution is 2.19. The molecule has 4 nitrogen and oxygen atoms in total. The highest BCUT2D eigenvalue weighted by molar-refractivity contribution is 5.33. The summed E-state index contributed by atoms with van der Waals surface area (Å²) >= 11 is 0. The minimum Gasteiger partial charge on any atom is -0.487 e. The van der Waals surface area contributed by atoms with Crippen molar-refractivity contribution in [1.29, 1.82) is 0 Å². The first-order valence-corrected chi connectivity index (χ1v) is 6.56. The number of nitrogens with zero attached hydrogens (tertiary/aromatic N) is 2. The highest BCUT2D eigenvalue weighted by atomic mass is 16.5. The Morgan fingerprint density at radius 2 is 2.05 bits per heavy atom. The Hall–Kier alpha value is -1.81. The molecule has 102 valence electrons. The van der Waals surface area contributed by atoms with E-state index in [2.05, 4.69) is 18.9 Å². The molecule has 0 spiro atoms. The maximum Gasteiger partial charge on any atom is 0.132 e. The van der Waals surface area contributed by atoms with Gasteiger partial charge >= 0.3 is 0 Å². The van der Waals surface area contributed by atoms with Crippen LogP contribution in [0, 0.1) is 0 Å². The van der Waals surface area contributed by atoms with Crippen LogP contribution in [0.4, 0.5) is 0 Å². The van der Waals surface area contributed by atoms with E-state index in [1.165, 1.54) is 0 Å². The van der Waals surface area contributed by atoms with Crippen molar-refractivity contribution in [1.82, 2.24) is 9.78 Å². The molecule has 1 aromatic carbocycles. The van der Waals surface area contributed by atoms with Crippen molar-refractivity contribution in [3.63, 3.8) is 0 Å². The fourth-order valence-corrected chi connectivity index (χ4v) is 1.87. The van der Waals surface area contributed by atoms with Crippen LogP contribution in [0.1, 0.15) is 31.1 Å². The first-order chi connectivity index (χ1) is 9.20. The lowest BCUT2D eigenvalue weighted by molar-refractivity contribution is 0.280. The molecule has 0 unspecified atom stereocenters. The maximum absolute atomic E-state index is 9.02. The lowest BCUT2D eigenvalue weighted by Gasteiger charge is -2.09. The van der Waals surface area contributed by atoms with E-state index >= 15 is 0 Å². The lowest BCUT2D eigenvalue weighted by atomic mass is 10.1. The summed E-state index contributed by atoms with van der Waals surface area (Å²) in [5.74, 6) is 0.815. The third-order valence-electron chi connectivity index (χ3n) is 2.92. The van der Waals surface area contributed by atoms with Crippen LogP contribution < -0.4 is 4.74 Å². The van der Waals surface area contributed by atoms with Gasteiger partial charge in [0.1, 0.15) is 12.4 Å². The zero-order chi connectivity index (χ0) is 13.7. The van der Waals surface area contributed by atoms with Gasteiger partial charge in [0.15, 0.2) is 0 Å². The number of benzene rings is 1. The SMILES string of the molecule is CC(C)n1ccc(COc2ccccc2CCO)n1. The van der Waals surface area contributed by atoms with E-state index < -0.39 is 0 Å². The molecule has 2 rings (SSSR count). The van der Waals surface area contributed by atoms with E-state index in [0.717, 1.165) is 17.0 Å². The summed E-state index contributed by atoms with van der Waals surface area (Å²) in [7, 11) is 0. The molecule has 0 atom stereocenters. The lowest BCUT2D eigenvalue weighted by Crippen LogP contribution is -2.04. The molecule has 0 saturated carbocycles. The van der Waals surface area contributed by atoms with E-state index in [1.54, 1.807) is 0 Å². The van der Waals surface area contributed by atoms with Gasteiger partial charge in [-0.2, -0.15) is 5.10 Å². The molecule has 0 aliphatic heterocycles. The van der Waals surface area contributed by atoms with Crippen LogP contribution in [-0.2, 0) is 13.0 Å². The van der Waals surface area contributed by atoms with Gasteiger partial charge in [0, 0.05) is 18.8 Å². The number of hydrogen-bond donors (Lipinski definition) is 1. The molecule has 0 aliphatic carbocycles. The van der Waals surface area contributed by atoms with Crippen LogP contribution in [0.5, 0.6) is 5.75 Å². The summed E-state index contributed by atoms with van der Waals surface area (Å²) < 4.78 is 7.70. The fraction of sp³-hybridized carbons (Fsp3) is 0.400. The Morgan fingerprint density at radius 1 is 1.26 bits per heavy atom. The van der Waals surface area contributed by atoms with E-state index in [-0.39, 0.29) is 6.61 Å². The van der Waals surface area contributed by atoms with Crippen LogP contribution in [0.2, 0.25) is 0 Å². The second kappa shape index (κ2) is 6.38. The summed E-state index contributed by atoms with van der Waals surface area (Å²) in [6.45, 7) is 4.76. The molecule has 0 amide bonds. The van der Waals surface area contributed by atoms with Gasteiger partial charge < -0.3 is 9.84 Å². The molecule has 0 fully saturated rings. The first kappa shape index (κ1) is 13.6. The summed E-state index contributed by atoms with van der Waals surface area (Å²) in [5.41, 5.74) is 1.93. The van der Waals surface area contributed by atoms with Gasteiger partial charge in [0.05, 0.1) is 5.69 Å². The number of aliphatic hydroxyl groups is 1. The average Bonchev–Trinajstić information content (AvgIpc) is 2.87. The van der Waals surface area contributed by atoms with Crippen molar-refractivity contribution in [3.05, 3.63) is 47.8 Å². The molecular formula is C15H20N2O2. The van der Waals surface area contributed by atoms with Crippen molar-refractivity contribution in [2.24, 2.45) is 0 Å². The van der Waals surface area contributed by atoms with Crippen LogP contribution >= 0.6 is 0 Å². The first-order valence-electron chi connectivity index (χ1n) is 6.56. The summed E-state index contributed by atoms with van der Waals surface area (Å²) in [4.78, 5) is 0. The number of ether oxygens (including phenoxy) is 1. The van der Waals surface area contributed by atoms with Crippen LogP contribution in [-0.4, -0.2) is 21.5 Å². The van der Waals surface area contributed by atoms with Crippen molar-refractivity contribution in [2.75, 3.05) is 6.61 Å². The summed E-state index contributed by atoms with van der Waals surface area (Å²) in [6, 6.07) is 10.1. The van der Waals surface area contributed by atoms with Gasteiger partial charge in [0.2, 0.25) is 0 Å². The second-order valence-corrected chi connectivity index (χ2v) is 4.75. The topological polar surface area (TPSA) is 47.3 Å². The molecule has 1 heterocycles. The molecule has 2 aromatic rings. The van der Waals surface area contributed by atoms with E-state index in [9.17, 15) is 0 Å². The van der Waals surface area contributed by atoms with Gasteiger partial charge in [-0.15, -0.1) is 0 Å². The second-order valence-electron chi connectivity index (χ2n) is 4.75. The smallest absolute Gasteiger partial charge is 0.132 e. The quantitative estimate of drug-likeness (QED) is 0.868. The Morgan fingerprint density at radius 3 is 2.74 bits per heavy atom. The normalized spacial score (nSPS) is 10.9. The molecule has 1 aromatic heterocycles. The molecule has 0 saturated heterocycles. The predicted octanol–water partition coefficient (Wildman–Crippen LogP) is 2.58. The number of aliphatic hydroxyl groups excluding tert-OH is 1. The van der Waals surface area contributed by atoms with Crippen molar-refractivity contribution in [3.8, 4) is 5.75 Å². The average molecular weight is 260 g/mol. The van der Waals surface area contributed by atoms with Crippen LogP contribution in [0.15, 0.2) is 36.5 Å². The fourth-order valence-electron chi connectivity index (χ4n) is 1.87. The minimum absolute atomic E-state index is 0.127. The third kappa shape index (κ3) is 3.58. The zero-order valence-corrected chi connectivity index (χ0v) is 11.4. The van der Waals surface area contributed by atoms with E-state index in [4.69, 9.17) is 9.84 Å². The van der Waals surface area contributed by atoms with Crippen molar-refractivity contribution >= 4 is 0 Å². The number of aromatic nitrogens is 2. The number of rotatable bonds is 6. The molecule has 0 radical (unpaired) electrons. The third-order valence-corrected chi connectivity index (χ3v) is 2.92. The van der Waals surface area contributed by atoms with Gasteiger partial charge in [0.25, 0.3) is 0 Å². The Bertz CT molecular complexity index is 520. The molecule has 0 aliphatic rings. The Balaban J connectivity index is 2.01. The van der Waals surface area contributed by atoms with E-state index in [1.807, 2.05) is 41.2 Å². The highest BCUT2D eigenvalue weighted by Gasteiger charge is 2.05. The summed E-state index contributed by atoms with van der Waals surface area (Å²) in [6.07, 6.45) is 2.57. The number of para-hydroxylation sites is 1. The molecular weight excluding hydrogens is 240 g/mol. The monoisotopic (exact) mass is 260 g/mol. The minimum atomic E-state index is 0.127. The Labute approximate surface area is 113 Å². The molecule has 4 heteroatoms. The standard InChI is InChI=1S/C15H20N2O2/c1-12(2)17-9-7-14(16-17)11-19-15-6-4-3-5-13(15)8-10-18/h3-7,9,12,18H,8,10-11H2,1-2H3. The van der Waals surface area contributed by atoms with Gasteiger partial charge in [-0.05, 0) is 38.0 Å². The van der Waals surface area contributed by atoms with Gasteiger partial charge in [-0.3, -0.25) is 4.68 Å². The largest absolute Gasteiger partial charge is 0.487 e. The zero-order valence-electron chi connectivity index (χ0n) is 11.4. The van der Waals surface area contributed by atoms with Crippen LogP contribution in [0.3, 0.4) is 0 Å². The molecule has 1 N–H and O–H groups in total. The molecule has 19 heavy (non-hydrogen) atoms. The van der Waals surface area contributed by atoms with Gasteiger partial charge in [-0.1, -0.05) is 18.2 Å².